The smallest absolute Gasteiger partial charge is 0.355 e. The van der Waals surface area contributed by atoms with Gasteiger partial charge in [0.05, 0.1) is 0 Å². The van der Waals surface area contributed by atoms with Gasteiger partial charge in [0.2, 0.25) is 0 Å². The minimum atomic E-state index is -1.11. The van der Waals surface area contributed by atoms with Crippen LogP contribution in [0.3, 0.4) is 0 Å². The second kappa shape index (κ2) is 4.63. The minimum absolute atomic E-state index is 0.665. The van der Waals surface area contributed by atoms with E-state index < -0.39 is 16.5 Å². The Morgan fingerprint density at radius 1 is 0.833 bits per heavy atom. The van der Waals surface area contributed by atoms with E-state index in [2.05, 4.69) is 88.2 Å². The summed E-state index contributed by atoms with van der Waals surface area (Å²) in [6, 6.07) is 0. The van der Waals surface area contributed by atoms with E-state index in [1.807, 2.05) is 0 Å². The molecule has 12 heavy (non-hydrogen) atoms. The van der Waals surface area contributed by atoms with Gasteiger partial charge in [0, 0.05) is 0 Å². The van der Waals surface area contributed by atoms with Crippen LogP contribution in [-0.4, -0.2) is 23.2 Å². The van der Waals surface area contributed by atoms with Gasteiger partial charge in [-0.05, 0) is 0 Å². The van der Waals surface area contributed by atoms with Crippen molar-refractivity contribution >= 4 is 63.8 Å². The van der Waals surface area contributed by atoms with Crippen molar-refractivity contribution in [2.75, 3.05) is 0 Å². The lowest BCUT2D eigenvalue weighted by atomic mass is 10.5. The van der Waals surface area contributed by atoms with Crippen LogP contribution in [0.1, 0.15) is 0 Å². The summed E-state index contributed by atoms with van der Waals surface area (Å²) in [5.74, 6) is 0. The molecule has 0 aromatic carbocycles. The predicted octanol–water partition coefficient (Wildman–Crippen LogP) is 3.81. The van der Waals surface area contributed by atoms with Crippen molar-refractivity contribution < 1.29 is 0 Å². The summed E-state index contributed by atoms with van der Waals surface area (Å²) in [6.07, 6.45) is 0. The molecule has 1 nitrogen and oxygen atoms in total. The van der Waals surface area contributed by atoms with E-state index in [0.29, 0.717) is 2.56 Å². The maximum atomic E-state index is 2.79. The lowest BCUT2D eigenvalue weighted by molar-refractivity contribution is 0.969. The van der Waals surface area contributed by atoms with E-state index in [4.69, 9.17) is 0 Å². The molecule has 0 atom stereocenters. The van der Waals surface area contributed by atoms with Crippen LogP contribution in [0.25, 0.3) is 0 Å². The Morgan fingerprint density at radius 3 is 1.08 bits per heavy atom. The second-order valence-corrected chi connectivity index (χ2v) is 19.8. The van der Waals surface area contributed by atoms with E-state index in [1.165, 1.54) is 0 Å². The summed E-state index contributed by atoms with van der Waals surface area (Å²) in [6.45, 7) is 14.6. The zero-order chi connectivity index (χ0) is 10.2. The van der Waals surface area contributed by atoms with E-state index in [0.717, 1.165) is 0 Å². The fourth-order valence-electron chi connectivity index (χ4n) is 1.59. The zero-order valence-electron chi connectivity index (χ0n) is 8.78. The highest BCUT2D eigenvalue weighted by molar-refractivity contribution is 14.3. The normalized spacial score (nSPS) is 13.8. The standard InChI is InChI=1S/C6H18BI2NSi2/c1-11(2,3)10(7(8)9)12(4,5)6/h1-6H3. The maximum absolute atomic E-state index is 2.79. The van der Waals surface area contributed by atoms with Crippen molar-refractivity contribution in [1.29, 1.82) is 0 Å². The molecule has 0 bridgehead atoms. The molecule has 0 aliphatic carbocycles. The van der Waals surface area contributed by atoms with Gasteiger partial charge in [0.15, 0.2) is 0 Å². The van der Waals surface area contributed by atoms with Gasteiger partial charge in [-0.2, -0.15) is 0 Å². The molecule has 0 fully saturated rings. The lowest BCUT2D eigenvalue weighted by Crippen LogP contribution is -2.62. The number of halogens is 2. The number of nitrogens with zero attached hydrogens (tertiary/aromatic N) is 1. The first-order chi connectivity index (χ1) is 5.07. The van der Waals surface area contributed by atoms with Crippen LogP contribution < -0.4 is 0 Å². The fraction of sp³-hybridized carbons (Fsp3) is 1.00. The first-order valence-electron chi connectivity index (χ1n) is 4.14. The van der Waals surface area contributed by atoms with Crippen molar-refractivity contribution in [2.24, 2.45) is 0 Å². The van der Waals surface area contributed by atoms with Crippen LogP contribution in [-0.2, 0) is 0 Å². The largest absolute Gasteiger partial charge is 0.370 e. The van der Waals surface area contributed by atoms with Gasteiger partial charge in [-0.15, -0.1) is 44.7 Å². The van der Waals surface area contributed by atoms with Crippen LogP contribution in [0.5, 0.6) is 0 Å². The van der Waals surface area contributed by atoms with Gasteiger partial charge >= 0.3 is 2.56 Å². The average Bonchev–Trinajstić information content (AvgIpc) is 1.49. The monoisotopic (exact) mass is 425 g/mol. The molecule has 6 heteroatoms. The third-order valence-corrected chi connectivity index (χ3v) is 12.3. The van der Waals surface area contributed by atoms with E-state index in [1.54, 1.807) is 0 Å². The van der Waals surface area contributed by atoms with Gasteiger partial charge in [0.25, 0.3) is 0 Å². The Labute approximate surface area is 106 Å². The highest BCUT2D eigenvalue weighted by atomic mass is 127. The van der Waals surface area contributed by atoms with Crippen LogP contribution in [0.4, 0.5) is 0 Å². The summed E-state index contributed by atoms with van der Waals surface area (Å²) >= 11 is 5.07. The van der Waals surface area contributed by atoms with Gasteiger partial charge in [-0.1, -0.05) is 39.3 Å². The van der Waals surface area contributed by atoms with Crippen LogP contribution in [0.15, 0.2) is 0 Å². The molecule has 0 unspecified atom stereocenters. The molecule has 0 aliphatic heterocycles. The van der Waals surface area contributed by atoms with Crippen molar-refractivity contribution in [3.8, 4) is 0 Å². The second-order valence-electron chi connectivity index (χ2n) is 4.99. The third kappa shape index (κ3) is 4.43. The summed E-state index contributed by atoms with van der Waals surface area (Å²) in [7, 11) is -2.21. The molecule has 0 radical (unpaired) electrons. The molecule has 72 valence electrons. The molecule has 0 aromatic rings. The fourth-order valence-corrected chi connectivity index (χ4v) is 20.8. The summed E-state index contributed by atoms with van der Waals surface area (Å²) in [5, 5.41) is 0. The number of rotatable bonds is 3. The molecule has 0 spiro atoms. The van der Waals surface area contributed by atoms with Gasteiger partial charge in [-0.25, -0.2) is 0 Å². The van der Waals surface area contributed by atoms with E-state index in [-0.39, 0.29) is 0 Å². The van der Waals surface area contributed by atoms with E-state index in [9.17, 15) is 0 Å². The van der Waals surface area contributed by atoms with Crippen LogP contribution in [0, 0.1) is 0 Å². The quantitative estimate of drug-likeness (QED) is 0.492. The number of hydrogen-bond acceptors (Lipinski definition) is 1. The first-order valence-corrected chi connectivity index (χ1v) is 13.5. The third-order valence-electron chi connectivity index (χ3n) is 1.64. The highest BCUT2D eigenvalue weighted by Crippen LogP contribution is 2.26. The summed E-state index contributed by atoms with van der Waals surface area (Å²) in [4.78, 5) is 0. The van der Waals surface area contributed by atoms with Crippen molar-refractivity contribution in [1.82, 2.24) is 4.14 Å². The van der Waals surface area contributed by atoms with E-state index >= 15 is 0 Å². The van der Waals surface area contributed by atoms with Gasteiger partial charge < -0.3 is 4.14 Å². The van der Waals surface area contributed by atoms with Gasteiger partial charge in [-0.3, -0.25) is 0 Å². The van der Waals surface area contributed by atoms with Crippen molar-refractivity contribution in [2.45, 2.75) is 39.3 Å². The highest BCUT2D eigenvalue weighted by Gasteiger charge is 2.38. The van der Waals surface area contributed by atoms with Crippen LogP contribution >= 0.6 is 44.7 Å². The summed E-state index contributed by atoms with van der Waals surface area (Å²) in [5.41, 5.74) is 0. The molecule has 0 N–H and O–H groups in total. The Bertz CT molecular complexity index is 139. The molecule has 0 heterocycles. The SMILES string of the molecule is C[Si](C)(C)N(B(I)I)[Si](C)(C)C. The van der Waals surface area contributed by atoms with Crippen molar-refractivity contribution in [3.63, 3.8) is 0 Å². The maximum Gasteiger partial charge on any atom is 0.355 e. The van der Waals surface area contributed by atoms with Crippen molar-refractivity contribution in [3.05, 3.63) is 0 Å². The Kier molecular flexibility index (Phi) is 5.37. The molecular weight excluding hydrogens is 407 g/mol. The Balaban J connectivity index is 4.70. The molecule has 0 saturated carbocycles. The lowest BCUT2D eigenvalue weighted by Gasteiger charge is -2.44. The molecular formula is C6H18BI2NSi2. The number of hydrogen-bond donors (Lipinski definition) is 0. The molecule has 0 aliphatic rings. The molecule has 0 amide bonds. The Morgan fingerprint density at radius 2 is 1.08 bits per heavy atom. The average molecular weight is 425 g/mol. The Hall–Kier alpha value is 1.92. The van der Waals surface area contributed by atoms with Crippen LogP contribution in [0.2, 0.25) is 39.3 Å². The molecule has 0 aromatic heterocycles. The zero-order valence-corrected chi connectivity index (χ0v) is 15.1. The van der Waals surface area contributed by atoms with Gasteiger partial charge in [0.1, 0.15) is 16.5 Å². The molecule has 0 saturated heterocycles. The minimum Gasteiger partial charge on any atom is -0.370 e. The first kappa shape index (κ1) is 13.9. The predicted molar refractivity (Wildman–Crippen MR) is 82.3 cm³/mol. The molecule has 0 rings (SSSR count). The summed E-state index contributed by atoms with van der Waals surface area (Å²) < 4.78 is 3.46. The topological polar surface area (TPSA) is 3.24 Å².